The van der Waals surface area contributed by atoms with Crippen molar-refractivity contribution < 1.29 is 9.90 Å². The van der Waals surface area contributed by atoms with Crippen LogP contribution in [0, 0.1) is 0 Å². The number of carboxylic acid groups (broad SMARTS) is 1. The van der Waals surface area contributed by atoms with Gasteiger partial charge >= 0.3 is 5.97 Å². The highest BCUT2D eigenvalue weighted by molar-refractivity contribution is 14.2. The lowest BCUT2D eigenvalue weighted by molar-refractivity contribution is 0.0697. The quantitative estimate of drug-likeness (QED) is 0.584. The Labute approximate surface area is 123 Å². The molecule has 0 aliphatic heterocycles. The summed E-state index contributed by atoms with van der Waals surface area (Å²) in [4.78, 5) is 10.7. The van der Waals surface area contributed by atoms with Gasteiger partial charge in [-0.25, -0.2) is 4.79 Å². The first-order valence-corrected chi connectivity index (χ1v) is 6.80. The molecule has 0 radical (unpaired) electrons. The maximum absolute atomic E-state index is 10.7. The van der Waals surface area contributed by atoms with Crippen molar-refractivity contribution in [3.63, 3.8) is 0 Å². The van der Waals surface area contributed by atoms with Crippen molar-refractivity contribution in [2.45, 2.75) is 0 Å². The number of rotatable bonds is 2. The molecule has 0 aliphatic rings. The molecule has 1 rings (SSSR count). The van der Waals surface area contributed by atoms with Gasteiger partial charge in [0.1, 0.15) is 0 Å². The van der Waals surface area contributed by atoms with Crippen LogP contribution in [0.25, 0.3) is 3.58 Å². The molecule has 0 saturated carbocycles. The topological polar surface area (TPSA) is 37.3 Å². The molecule has 0 fully saturated rings. The van der Waals surface area contributed by atoms with E-state index in [4.69, 9.17) is 5.11 Å². The zero-order valence-electron chi connectivity index (χ0n) is 6.80. The minimum Gasteiger partial charge on any atom is -0.478 e. The summed E-state index contributed by atoms with van der Waals surface area (Å²) in [7, 11) is 0. The van der Waals surface area contributed by atoms with E-state index in [0.29, 0.717) is 5.56 Å². The summed E-state index contributed by atoms with van der Waals surface area (Å²) in [5.74, 6) is -0.889. The molecule has 0 bridgehead atoms. The highest BCUT2D eigenvalue weighted by Gasteiger charge is 2.06. The monoisotopic (exact) mass is 526 g/mol. The van der Waals surface area contributed by atoms with Gasteiger partial charge in [0.2, 0.25) is 0 Å². The molecule has 0 aliphatic carbocycles. The van der Waals surface area contributed by atoms with Crippen LogP contribution in [0.4, 0.5) is 0 Å². The van der Waals surface area contributed by atoms with Gasteiger partial charge in [0.15, 0.2) is 0 Å². The lowest BCUT2D eigenvalue weighted by atomic mass is 10.1. The molecule has 5 heteroatoms. The molecule has 1 aromatic rings. The van der Waals surface area contributed by atoms with Crippen LogP contribution in [0.3, 0.4) is 0 Å². The smallest absolute Gasteiger partial charge is 0.335 e. The van der Waals surface area contributed by atoms with Gasteiger partial charge in [-0.05, 0) is 85.5 Å². The summed E-state index contributed by atoms with van der Waals surface area (Å²) in [6.45, 7) is 0. The van der Waals surface area contributed by atoms with Crippen LogP contribution >= 0.6 is 67.8 Å². The van der Waals surface area contributed by atoms with E-state index in [0.717, 1.165) is 10.7 Å². The second kappa shape index (κ2) is 5.64. The molecule has 1 N–H and O–H groups in total. The van der Waals surface area contributed by atoms with Crippen LogP contribution in [0.2, 0.25) is 0 Å². The highest BCUT2D eigenvalue weighted by atomic mass is 127. The van der Waals surface area contributed by atoms with Crippen molar-refractivity contribution in [2.24, 2.45) is 0 Å². The molecular weight excluding hydrogens is 521 g/mol. The normalized spacial score (nSPS) is 9.64. The Morgan fingerprint density at radius 1 is 1.14 bits per heavy atom. The molecule has 0 aromatic heterocycles. The Morgan fingerprint density at radius 2 is 1.71 bits per heavy atom. The Balaban J connectivity index is 3.19. The zero-order valence-corrected chi connectivity index (χ0v) is 13.3. The number of benzene rings is 1. The lowest BCUT2D eigenvalue weighted by Crippen LogP contribution is -1.96. The zero-order chi connectivity index (χ0) is 10.7. The van der Waals surface area contributed by atoms with Gasteiger partial charge in [0, 0.05) is 3.58 Å². The van der Waals surface area contributed by atoms with Gasteiger partial charge in [0.05, 0.1) is 7.15 Å². The van der Waals surface area contributed by atoms with Gasteiger partial charge in [-0.15, -0.1) is 0 Å². The van der Waals surface area contributed by atoms with Crippen LogP contribution in [0.5, 0.6) is 0 Å². The van der Waals surface area contributed by atoms with E-state index >= 15 is 0 Å². The van der Waals surface area contributed by atoms with E-state index < -0.39 is 5.97 Å². The summed E-state index contributed by atoms with van der Waals surface area (Å²) in [6, 6.07) is 6.94. The third kappa shape index (κ3) is 3.33. The second-order valence-corrected chi connectivity index (χ2v) is 7.76. The van der Waals surface area contributed by atoms with Gasteiger partial charge in [-0.1, -0.05) is 12.1 Å². The minimum absolute atomic E-state index is 0.325. The molecule has 0 saturated heterocycles. The molecule has 0 unspecified atom stereocenters. The van der Waals surface area contributed by atoms with Crippen LogP contribution in [0.1, 0.15) is 15.9 Å². The second-order valence-electron chi connectivity index (χ2n) is 2.46. The largest absolute Gasteiger partial charge is 0.478 e. The first kappa shape index (κ1) is 12.7. The third-order valence-corrected chi connectivity index (χ3v) is 5.83. The van der Waals surface area contributed by atoms with E-state index in [9.17, 15) is 4.79 Å². The fourth-order valence-corrected chi connectivity index (χ4v) is 1.86. The summed E-state index contributed by atoms with van der Waals surface area (Å²) in [5.41, 5.74) is 1.27. The maximum Gasteiger partial charge on any atom is 0.335 e. The molecule has 0 atom stereocenters. The number of carboxylic acids is 1. The van der Waals surface area contributed by atoms with Crippen molar-refractivity contribution in [1.29, 1.82) is 0 Å². The molecule has 0 amide bonds. The standard InChI is InChI=1S/C9H5I3O2/c10-7(8(11)12)5-2-1-3-6(4-5)9(13)14/h1-4H,(H,13,14). The van der Waals surface area contributed by atoms with Crippen molar-refractivity contribution >= 4 is 77.3 Å². The van der Waals surface area contributed by atoms with E-state index in [1.165, 1.54) is 0 Å². The summed E-state index contributed by atoms with van der Waals surface area (Å²) < 4.78 is 2.20. The van der Waals surface area contributed by atoms with Crippen molar-refractivity contribution in [1.82, 2.24) is 0 Å². The molecule has 14 heavy (non-hydrogen) atoms. The number of aromatic carboxylic acids is 1. The number of hydrogen-bond acceptors (Lipinski definition) is 1. The van der Waals surface area contributed by atoms with Crippen molar-refractivity contribution in [3.05, 3.63) is 37.0 Å². The minimum atomic E-state index is -0.889. The molecule has 74 valence electrons. The Bertz CT molecular complexity index is 395. The van der Waals surface area contributed by atoms with E-state index in [1.807, 2.05) is 6.07 Å². The van der Waals surface area contributed by atoms with Crippen molar-refractivity contribution in [2.75, 3.05) is 0 Å². The fraction of sp³-hybridized carbons (Fsp3) is 0. The maximum atomic E-state index is 10.7. The molecule has 0 heterocycles. The molecule has 2 nitrogen and oxygen atoms in total. The van der Waals surface area contributed by atoms with Crippen LogP contribution in [-0.4, -0.2) is 11.1 Å². The van der Waals surface area contributed by atoms with Gasteiger partial charge < -0.3 is 5.11 Å². The predicted octanol–water partition coefficient (Wildman–Crippen LogP) is 4.32. The third-order valence-electron chi connectivity index (χ3n) is 1.53. The van der Waals surface area contributed by atoms with Crippen LogP contribution in [0.15, 0.2) is 25.9 Å². The summed E-state index contributed by atoms with van der Waals surface area (Å²) in [6.07, 6.45) is 0. The Morgan fingerprint density at radius 3 is 2.21 bits per heavy atom. The first-order valence-electron chi connectivity index (χ1n) is 3.57. The van der Waals surface area contributed by atoms with Gasteiger partial charge in [0.25, 0.3) is 0 Å². The first-order chi connectivity index (χ1) is 6.52. The van der Waals surface area contributed by atoms with Gasteiger partial charge in [-0.2, -0.15) is 0 Å². The average molecular weight is 526 g/mol. The molecular formula is C9H5I3O2. The SMILES string of the molecule is O=C(O)c1cccc(C(I)=C(I)I)c1. The number of carbonyl (C=O) groups is 1. The van der Waals surface area contributed by atoms with E-state index in [1.54, 1.807) is 18.2 Å². The number of halogens is 3. The predicted molar refractivity (Wildman–Crippen MR) is 82.4 cm³/mol. The van der Waals surface area contributed by atoms with Crippen LogP contribution < -0.4 is 0 Å². The van der Waals surface area contributed by atoms with E-state index in [2.05, 4.69) is 67.8 Å². The van der Waals surface area contributed by atoms with Gasteiger partial charge in [-0.3, -0.25) is 0 Å². The Kier molecular flexibility index (Phi) is 5.11. The Hall–Kier alpha value is 0.620. The van der Waals surface area contributed by atoms with Crippen molar-refractivity contribution in [3.8, 4) is 0 Å². The average Bonchev–Trinajstić information content (AvgIpc) is 2.16. The number of hydrogen-bond donors (Lipinski definition) is 1. The van der Waals surface area contributed by atoms with Crippen LogP contribution in [-0.2, 0) is 0 Å². The fourth-order valence-electron chi connectivity index (χ4n) is 0.898. The molecule has 0 spiro atoms. The lowest BCUT2D eigenvalue weighted by Gasteiger charge is -2.01. The van der Waals surface area contributed by atoms with E-state index in [-0.39, 0.29) is 0 Å². The highest BCUT2D eigenvalue weighted by Crippen LogP contribution is 2.33. The summed E-state index contributed by atoms with van der Waals surface area (Å²) >= 11 is 6.63. The summed E-state index contributed by atoms with van der Waals surface area (Å²) in [5, 5.41) is 8.81. The molecule has 1 aromatic carbocycles.